The van der Waals surface area contributed by atoms with Gasteiger partial charge >= 0.3 is 0 Å². The summed E-state index contributed by atoms with van der Waals surface area (Å²) in [5.74, 6) is 0.842. The topological polar surface area (TPSA) is 21.3 Å². The summed E-state index contributed by atoms with van der Waals surface area (Å²) in [6.45, 7) is 5.85. The second kappa shape index (κ2) is 6.95. The van der Waals surface area contributed by atoms with Gasteiger partial charge in [-0.1, -0.05) is 6.07 Å². The maximum absolute atomic E-state index is 14.0. The Morgan fingerprint density at radius 3 is 2.50 bits per heavy atom. The minimum atomic E-state index is -0.130. The molecule has 1 saturated heterocycles. The molecular formula is C14H21ClFNO. The summed E-state index contributed by atoms with van der Waals surface area (Å²) in [4.78, 5) is 0. The van der Waals surface area contributed by atoms with Gasteiger partial charge in [0.05, 0.1) is 6.10 Å². The summed E-state index contributed by atoms with van der Waals surface area (Å²) in [5, 5.41) is 3.29. The quantitative estimate of drug-likeness (QED) is 0.910. The summed E-state index contributed by atoms with van der Waals surface area (Å²) >= 11 is 0. The molecule has 1 aromatic carbocycles. The molecule has 0 amide bonds. The first-order valence-electron chi connectivity index (χ1n) is 6.33. The second-order valence-corrected chi connectivity index (χ2v) is 4.87. The van der Waals surface area contributed by atoms with Crippen LogP contribution in [0, 0.1) is 5.82 Å². The van der Waals surface area contributed by atoms with E-state index in [2.05, 4.69) is 5.32 Å². The molecule has 102 valence electrons. The van der Waals surface area contributed by atoms with Crippen molar-refractivity contribution in [3.63, 3.8) is 0 Å². The number of hydrogen-bond acceptors (Lipinski definition) is 2. The van der Waals surface area contributed by atoms with Crippen LogP contribution in [0.2, 0.25) is 0 Å². The molecule has 0 radical (unpaired) electrons. The van der Waals surface area contributed by atoms with E-state index in [4.69, 9.17) is 4.74 Å². The van der Waals surface area contributed by atoms with Crippen molar-refractivity contribution in [2.24, 2.45) is 0 Å². The predicted molar refractivity (Wildman–Crippen MR) is 74.3 cm³/mol. The van der Waals surface area contributed by atoms with E-state index in [1.54, 1.807) is 0 Å². The van der Waals surface area contributed by atoms with E-state index in [1.165, 1.54) is 6.07 Å². The van der Waals surface area contributed by atoms with E-state index in [1.807, 2.05) is 26.0 Å². The van der Waals surface area contributed by atoms with Gasteiger partial charge in [0.15, 0.2) is 0 Å². The molecule has 0 unspecified atom stereocenters. The molecule has 0 aromatic heterocycles. The van der Waals surface area contributed by atoms with Gasteiger partial charge in [0.1, 0.15) is 11.6 Å². The van der Waals surface area contributed by atoms with Crippen molar-refractivity contribution in [3.8, 4) is 5.75 Å². The lowest BCUT2D eigenvalue weighted by Gasteiger charge is -2.23. The standard InChI is InChI=1S/C14H20FNO.ClH/c1-10(2)17-12-3-4-13(14(15)9-12)11-5-7-16-8-6-11;/h3-4,9-11,16H,5-8H2,1-2H3;1H. The van der Waals surface area contributed by atoms with Gasteiger partial charge in [0.2, 0.25) is 0 Å². The highest BCUT2D eigenvalue weighted by Crippen LogP contribution is 2.29. The van der Waals surface area contributed by atoms with Crippen LogP contribution in [0.4, 0.5) is 4.39 Å². The van der Waals surface area contributed by atoms with Crippen LogP contribution in [0.5, 0.6) is 5.75 Å². The Morgan fingerprint density at radius 1 is 1.28 bits per heavy atom. The van der Waals surface area contributed by atoms with E-state index in [0.29, 0.717) is 11.7 Å². The first-order valence-corrected chi connectivity index (χ1v) is 6.33. The minimum absolute atomic E-state index is 0. The summed E-state index contributed by atoms with van der Waals surface area (Å²) < 4.78 is 19.5. The van der Waals surface area contributed by atoms with E-state index in [9.17, 15) is 4.39 Å². The summed E-state index contributed by atoms with van der Waals surface area (Å²) in [6.07, 6.45) is 2.11. The molecule has 2 rings (SSSR count). The molecule has 4 heteroatoms. The number of piperidine rings is 1. The lowest BCUT2D eigenvalue weighted by Crippen LogP contribution is -2.27. The third kappa shape index (κ3) is 3.85. The van der Waals surface area contributed by atoms with Gasteiger partial charge in [-0.2, -0.15) is 0 Å². The number of rotatable bonds is 3. The fourth-order valence-corrected chi connectivity index (χ4v) is 2.32. The van der Waals surface area contributed by atoms with E-state index in [-0.39, 0.29) is 24.3 Å². The Kier molecular flexibility index (Phi) is 5.89. The fourth-order valence-electron chi connectivity index (χ4n) is 2.32. The largest absolute Gasteiger partial charge is 0.491 e. The number of hydrogen-bond donors (Lipinski definition) is 1. The highest BCUT2D eigenvalue weighted by molar-refractivity contribution is 5.85. The van der Waals surface area contributed by atoms with Crippen molar-refractivity contribution < 1.29 is 9.13 Å². The number of ether oxygens (including phenoxy) is 1. The van der Waals surface area contributed by atoms with E-state index >= 15 is 0 Å². The van der Waals surface area contributed by atoms with E-state index < -0.39 is 0 Å². The molecule has 18 heavy (non-hydrogen) atoms. The molecule has 2 nitrogen and oxygen atoms in total. The molecule has 1 heterocycles. The molecule has 1 aliphatic rings. The first kappa shape index (κ1) is 15.3. The Hall–Kier alpha value is -0.800. The Morgan fingerprint density at radius 2 is 1.94 bits per heavy atom. The van der Waals surface area contributed by atoms with Gasteiger partial charge in [-0.15, -0.1) is 12.4 Å². The zero-order chi connectivity index (χ0) is 12.3. The third-order valence-corrected chi connectivity index (χ3v) is 3.12. The van der Waals surface area contributed by atoms with Gasteiger partial charge in [-0.05, 0) is 57.3 Å². The molecule has 0 bridgehead atoms. The fraction of sp³-hybridized carbons (Fsp3) is 0.571. The maximum atomic E-state index is 14.0. The van der Waals surface area contributed by atoms with Crippen LogP contribution < -0.4 is 10.1 Å². The predicted octanol–water partition coefficient (Wildman–Crippen LogP) is 3.50. The Bertz CT molecular complexity index is 378. The molecule has 1 fully saturated rings. The Balaban J connectivity index is 0.00000162. The van der Waals surface area contributed by atoms with Crippen LogP contribution in [0.3, 0.4) is 0 Å². The zero-order valence-corrected chi connectivity index (χ0v) is 11.7. The van der Waals surface area contributed by atoms with Crippen molar-refractivity contribution in [2.75, 3.05) is 13.1 Å². The molecule has 1 aromatic rings. The van der Waals surface area contributed by atoms with Gasteiger partial charge in [0.25, 0.3) is 0 Å². The maximum Gasteiger partial charge on any atom is 0.130 e. The third-order valence-electron chi connectivity index (χ3n) is 3.12. The molecule has 0 spiro atoms. The number of halogens is 2. The van der Waals surface area contributed by atoms with Crippen molar-refractivity contribution >= 4 is 12.4 Å². The van der Waals surface area contributed by atoms with Crippen LogP contribution in [0.25, 0.3) is 0 Å². The number of benzene rings is 1. The Labute approximate surface area is 114 Å². The van der Waals surface area contributed by atoms with Crippen molar-refractivity contribution in [3.05, 3.63) is 29.6 Å². The monoisotopic (exact) mass is 273 g/mol. The van der Waals surface area contributed by atoms with Crippen molar-refractivity contribution in [1.29, 1.82) is 0 Å². The van der Waals surface area contributed by atoms with Crippen LogP contribution in [0.15, 0.2) is 18.2 Å². The molecular weight excluding hydrogens is 253 g/mol. The van der Waals surface area contributed by atoms with Crippen molar-refractivity contribution in [1.82, 2.24) is 5.32 Å². The average molecular weight is 274 g/mol. The second-order valence-electron chi connectivity index (χ2n) is 4.87. The lowest BCUT2D eigenvalue weighted by atomic mass is 9.90. The summed E-state index contributed by atoms with van der Waals surface area (Å²) in [5.41, 5.74) is 0.836. The van der Waals surface area contributed by atoms with Crippen molar-refractivity contribution in [2.45, 2.75) is 38.7 Å². The molecule has 1 N–H and O–H groups in total. The highest BCUT2D eigenvalue weighted by Gasteiger charge is 2.18. The number of nitrogens with one attached hydrogen (secondary N) is 1. The minimum Gasteiger partial charge on any atom is -0.491 e. The molecule has 0 atom stereocenters. The summed E-state index contributed by atoms with van der Waals surface area (Å²) in [7, 11) is 0. The smallest absolute Gasteiger partial charge is 0.130 e. The van der Waals surface area contributed by atoms with Crippen LogP contribution in [-0.4, -0.2) is 19.2 Å². The zero-order valence-electron chi connectivity index (χ0n) is 10.9. The van der Waals surface area contributed by atoms with Gasteiger partial charge in [-0.3, -0.25) is 0 Å². The van der Waals surface area contributed by atoms with Gasteiger partial charge < -0.3 is 10.1 Å². The summed E-state index contributed by atoms with van der Waals surface area (Å²) in [6, 6.07) is 5.26. The lowest BCUT2D eigenvalue weighted by molar-refractivity contribution is 0.241. The average Bonchev–Trinajstić information content (AvgIpc) is 2.29. The van der Waals surface area contributed by atoms with Crippen LogP contribution in [0.1, 0.15) is 38.2 Å². The first-order chi connectivity index (χ1) is 8.16. The van der Waals surface area contributed by atoms with E-state index in [0.717, 1.165) is 31.5 Å². The van der Waals surface area contributed by atoms with Crippen LogP contribution >= 0.6 is 12.4 Å². The van der Waals surface area contributed by atoms with Gasteiger partial charge in [-0.25, -0.2) is 4.39 Å². The molecule has 1 aliphatic heterocycles. The molecule has 0 saturated carbocycles. The highest BCUT2D eigenvalue weighted by atomic mass is 35.5. The normalized spacial score (nSPS) is 16.4. The van der Waals surface area contributed by atoms with Gasteiger partial charge in [0, 0.05) is 6.07 Å². The van der Waals surface area contributed by atoms with Crippen LogP contribution in [-0.2, 0) is 0 Å². The SMILES string of the molecule is CC(C)Oc1ccc(C2CCNCC2)c(F)c1.Cl. The molecule has 0 aliphatic carbocycles.